The first kappa shape index (κ1) is 17.5. The third-order valence-electron chi connectivity index (χ3n) is 2.94. The SMILES string of the molecule is O=C(O)C(CCNS(=O)(=O)c1cccnc1)Sc1ccccc1. The van der Waals surface area contributed by atoms with E-state index >= 15 is 0 Å². The van der Waals surface area contributed by atoms with Gasteiger partial charge in [-0.1, -0.05) is 18.2 Å². The molecular weight excluding hydrogens is 336 g/mol. The van der Waals surface area contributed by atoms with Crippen molar-refractivity contribution in [1.82, 2.24) is 9.71 Å². The van der Waals surface area contributed by atoms with Crippen LogP contribution in [-0.2, 0) is 14.8 Å². The lowest BCUT2D eigenvalue weighted by molar-refractivity contribution is -0.136. The van der Waals surface area contributed by atoms with Crippen molar-refractivity contribution in [3.05, 3.63) is 54.9 Å². The van der Waals surface area contributed by atoms with Gasteiger partial charge in [-0.3, -0.25) is 9.78 Å². The Labute approximate surface area is 139 Å². The van der Waals surface area contributed by atoms with Crippen LogP contribution in [0.5, 0.6) is 0 Å². The molecule has 1 unspecified atom stereocenters. The van der Waals surface area contributed by atoms with Gasteiger partial charge in [0.2, 0.25) is 10.0 Å². The number of carboxylic acids is 1. The molecule has 122 valence electrons. The number of sulfonamides is 1. The Morgan fingerprint density at radius 2 is 1.96 bits per heavy atom. The number of thioether (sulfide) groups is 1. The molecule has 0 aliphatic heterocycles. The summed E-state index contributed by atoms with van der Waals surface area (Å²) in [4.78, 5) is 16.0. The number of aromatic nitrogens is 1. The van der Waals surface area contributed by atoms with Gasteiger partial charge in [-0.2, -0.15) is 0 Å². The first-order valence-corrected chi connectivity index (χ1v) is 9.19. The zero-order chi connectivity index (χ0) is 16.7. The monoisotopic (exact) mass is 352 g/mol. The number of carbonyl (C=O) groups is 1. The molecule has 1 atom stereocenters. The summed E-state index contributed by atoms with van der Waals surface area (Å²) in [6, 6.07) is 12.1. The minimum atomic E-state index is -3.67. The number of pyridine rings is 1. The van der Waals surface area contributed by atoms with Crippen LogP contribution in [-0.4, -0.2) is 36.3 Å². The van der Waals surface area contributed by atoms with E-state index in [9.17, 15) is 18.3 Å². The van der Waals surface area contributed by atoms with Gasteiger partial charge in [-0.05, 0) is 30.7 Å². The van der Waals surface area contributed by atoms with Crippen LogP contribution in [0.1, 0.15) is 6.42 Å². The average Bonchev–Trinajstić information content (AvgIpc) is 2.55. The number of benzene rings is 1. The summed E-state index contributed by atoms with van der Waals surface area (Å²) in [7, 11) is -3.67. The zero-order valence-electron chi connectivity index (χ0n) is 12.1. The zero-order valence-corrected chi connectivity index (χ0v) is 13.8. The second-order valence-electron chi connectivity index (χ2n) is 4.63. The number of hydrogen-bond acceptors (Lipinski definition) is 5. The summed E-state index contributed by atoms with van der Waals surface area (Å²) in [5.74, 6) is -0.973. The fourth-order valence-electron chi connectivity index (χ4n) is 1.81. The molecule has 0 aliphatic rings. The standard InChI is InChI=1S/C15H16N2O4S2/c18-15(19)14(22-12-5-2-1-3-6-12)8-10-17-23(20,21)13-7-4-9-16-11-13/h1-7,9,11,14,17H,8,10H2,(H,18,19). The fourth-order valence-corrected chi connectivity index (χ4v) is 3.80. The van der Waals surface area contributed by atoms with E-state index in [4.69, 9.17) is 0 Å². The van der Waals surface area contributed by atoms with Crippen LogP contribution in [0.3, 0.4) is 0 Å². The van der Waals surface area contributed by atoms with Gasteiger partial charge in [0.05, 0.1) is 0 Å². The highest BCUT2D eigenvalue weighted by Gasteiger charge is 2.20. The second kappa shape index (κ2) is 8.09. The lowest BCUT2D eigenvalue weighted by atomic mass is 10.3. The van der Waals surface area contributed by atoms with Gasteiger partial charge in [0, 0.05) is 23.8 Å². The Balaban J connectivity index is 1.93. The van der Waals surface area contributed by atoms with Crippen molar-refractivity contribution in [2.75, 3.05) is 6.54 Å². The molecule has 0 bridgehead atoms. The van der Waals surface area contributed by atoms with Crippen LogP contribution in [0, 0.1) is 0 Å². The number of aliphatic carboxylic acids is 1. The molecule has 2 rings (SSSR count). The Morgan fingerprint density at radius 1 is 1.22 bits per heavy atom. The quantitative estimate of drug-likeness (QED) is 0.706. The van der Waals surface area contributed by atoms with Gasteiger partial charge in [0.1, 0.15) is 10.1 Å². The van der Waals surface area contributed by atoms with Crippen LogP contribution >= 0.6 is 11.8 Å². The van der Waals surface area contributed by atoms with Crippen molar-refractivity contribution >= 4 is 27.8 Å². The number of carboxylic acid groups (broad SMARTS) is 1. The van der Waals surface area contributed by atoms with Gasteiger partial charge in [0.15, 0.2) is 0 Å². The summed E-state index contributed by atoms with van der Waals surface area (Å²) >= 11 is 1.20. The van der Waals surface area contributed by atoms with Gasteiger partial charge in [-0.25, -0.2) is 13.1 Å². The van der Waals surface area contributed by atoms with E-state index in [0.717, 1.165) is 4.90 Å². The summed E-state index contributed by atoms with van der Waals surface area (Å²) in [6.45, 7) is 0.0357. The highest BCUT2D eigenvalue weighted by molar-refractivity contribution is 8.00. The van der Waals surface area contributed by atoms with E-state index in [1.54, 1.807) is 0 Å². The van der Waals surface area contributed by atoms with Gasteiger partial charge < -0.3 is 5.11 Å². The van der Waals surface area contributed by atoms with E-state index in [1.807, 2.05) is 30.3 Å². The lowest BCUT2D eigenvalue weighted by Gasteiger charge is -2.12. The average molecular weight is 352 g/mol. The van der Waals surface area contributed by atoms with E-state index < -0.39 is 21.2 Å². The Bertz CT molecular complexity index is 737. The maximum atomic E-state index is 12.0. The van der Waals surface area contributed by atoms with Crippen molar-refractivity contribution in [2.24, 2.45) is 0 Å². The third-order valence-corrected chi connectivity index (χ3v) is 5.65. The molecule has 2 N–H and O–H groups in total. The van der Waals surface area contributed by atoms with Crippen LogP contribution in [0.2, 0.25) is 0 Å². The molecule has 0 amide bonds. The van der Waals surface area contributed by atoms with E-state index in [2.05, 4.69) is 9.71 Å². The summed E-state index contributed by atoms with van der Waals surface area (Å²) in [5.41, 5.74) is 0. The third kappa shape index (κ3) is 5.34. The smallest absolute Gasteiger partial charge is 0.317 e. The number of nitrogens with zero attached hydrogens (tertiary/aromatic N) is 1. The van der Waals surface area contributed by atoms with Gasteiger partial charge >= 0.3 is 5.97 Å². The molecule has 0 fully saturated rings. The van der Waals surface area contributed by atoms with Gasteiger partial charge in [-0.15, -0.1) is 11.8 Å². The normalized spacial score (nSPS) is 12.7. The summed E-state index contributed by atoms with van der Waals surface area (Å²) in [5, 5.41) is 8.55. The molecule has 6 nitrogen and oxygen atoms in total. The molecule has 8 heteroatoms. The fraction of sp³-hybridized carbons (Fsp3) is 0.200. The van der Waals surface area contributed by atoms with Crippen LogP contribution in [0.25, 0.3) is 0 Å². The maximum Gasteiger partial charge on any atom is 0.317 e. The predicted molar refractivity (Wildman–Crippen MR) is 87.8 cm³/mol. The lowest BCUT2D eigenvalue weighted by Crippen LogP contribution is -2.29. The van der Waals surface area contributed by atoms with Crippen molar-refractivity contribution in [3.63, 3.8) is 0 Å². The van der Waals surface area contributed by atoms with Crippen LogP contribution in [0.15, 0.2) is 64.6 Å². The molecule has 23 heavy (non-hydrogen) atoms. The molecule has 2 aromatic rings. The Morgan fingerprint density at radius 3 is 2.57 bits per heavy atom. The van der Waals surface area contributed by atoms with Crippen molar-refractivity contribution in [1.29, 1.82) is 0 Å². The molecular formula is C15H16N2O4S2. The van der Waals surface area contributed by atoms with Crippen molar-refractivity contribution < 1.29 is 18.3 Å². The Kier molecular flexibility index (Phi) is 6.14. The molecule has 0 saturated carbocycles. The molecule has 1 heterocycles. The number of nitrogens with one attached hydrogen (secondary N) is 1. The highest BCUT2D eigenvalue weighted by atomic mass is 32.2. The molecule has 0 aliphatic carbocycles. The summed E-state index contributed by atoms with van der Waals surface area (Å²) in [6.07, 6.45) is 2.90. The van der Waals surface area contributed by atoms with Crippen molar-refractivity contribution in [3.8, 4) is 0 Å². The second-order valence-corrected chi connectivity index (χ2v) is 7.68. The molecule has 0 radical (unpaired) electrons. The predicted octanol–water partition coefficient (Wildman–Crippen LogP) is 2.00. The first-order valence-electron chi connectivity index (χ1n) is 6.83. The number of rotatable bonds is 8. The summed E-state index contributed by atoms with van der Waals surface area (Å²) < 4.78 is 26.5. The Hall–Kier alpha value is -1.90. The largest absolute Gasteiger partial charge is 0.480 e. The molecule has 0 saturated heterocycles. The van der Waals surface area contributed by atoms with E-state index in [1.165, 1.54) is 36.3 Å². The molecule has 0 spiro atoms. The van der Waals surface area contributed by atoms with E-state index in [0.29, 0.717) is 0 Å². The van der Waals surface area contributed by atoms with Crippen LogP contribution in [0.4, 0.5) is 0 Å². The highest BCUT2D eigenvalue weighted by Crippen LogP contribution is 2.25. The topological polar surface area (TPSA) is 96.4 Å². The van der Waals surface area contributed by atoms with Gasteiger partial charge in [0.25, 0.3) is 0 Å². The van der Waals surface area contributed by atoms with Crippen molar-refractivity contribution in [2.45, 2.75) is 21.5 Å². The minimum absolute atomic E-state index is 0.0357. The van der Waals surface area contributed by atoms with Crippen LogP contribution < -0.4 is 4.72 Å². The number of hydrogen-bond donors (Lipinski definition) is 2. The molecule has 1 aromatic heterocycles. The van der Waals surface area contributed by atoms with E-state index in [-0.39, 0.29) is 17.9 Å². The molecule has 1 aromatic carbocycles. The first-order chi connectivity index (χ1) is 11.0. The minimum Gasteiger partial charge on any atom is -0.480 e. The maximum absolute atomic E-state index is 12.0.